The van der Waals surface area contributed by atoms with Crippen LogP contribution in [0.25, 0.3) is 0 Å². The van der Waals surface area contributed by atoms with Crippen LogP contribution in [0.5, 0.6) is 0 Å². The lowest BCUT2D eigenvalue weighted by molar-refractivity contribution is -0.137. The van der Waals surface area contributed by atoms with Crippen LogP contribution in [-0.2, 0) is 14.4 Å². The van der Waals surface area contributed by atoms with Gasteiger partial charge in [0, 0.05) is 32.6 Å². The third kappa shape index (κ3) is 13.7. The molecule has 23 heavy (non-hydrogen) atoms. The van der Waals surface area contributed by atoms with E-state index in [1.54, 1.807) is 0 Å². The van der Waals surface area contributed by atoms with Crippen LogP contribution in [0.2, 0.25) is 0 Å². The molecule has 0 aromatic rings. The molecule has 0 atom stereocenters. The van der Waals surface area contributed by atoms with E-state index in [1.807, 2.05) is 0 Å². The highest BCUT2D eigenvalue weighted by Crippen LogP contribution is 2.03. The summed E-state index contributed by atoms with van der Waals surface area (Å²) in [6.07, 6.45) is 0.0528. The molecule has 0 unspecified atom stereocenters. The molecule has 0 saturated heterocycles. The minimum absolute atomic E-state index is 0.0929. The average Bonchev–Trinajstić information content (AvgIpc) is 2.36. The predicted molar refractivity (Wildman–Crippen MR) is 89.0 cm³/mol. The number of carboxylic acid groups (broad SMARTS) is 1. The van der Waals surface area contributed by atoms with Gasteiger partial charge in [-0.2, -0.15) is 0 Å². The van der Waals surface area contributed by atoms with Crippen LogP contribution in [0.15, 0.2) is 0 Å². The Balaban J connectivity index is 3.98. The van der Waals surface area contributed by atoms with E-state index in [0.29, 0.717) is 18.4 Å². The lowest BCUT2D eigenvalue weighted by Gasteiger charge is -2.25. The van der Waals surface area contributed by atoms with Crippen LogP contribution in [-0.4, -0.2) is 60.5 Å². The van der Waals surface area contributed by atoms with Crippen LogP contribution < -0.4 is 10.6 Å². The number of carbonyl (C=O) groups is 3. The van der Waals surface area contributed by atoms with Gasteiger partial charge in [-0.15, -0.1) is 0 Å². The highest BCUT2D eigenvalue weighted by molar-refractivity contribution is 5.80. The topological polar surface area (TPSA) is 98.7 Å². The van der Waals surface area contributed by atoms with Crippen molar-refractivity contribution in [1.29, 1.82) is 0 Å². The molecule has 0 saturated carbocycles. The van der Waals surface area contributed by atoms with Gasteiger partial charge in [0.1, 0.15) is 0 Å². The number of hydrogen-bond acceptors (Lipinski definition) is 4. The van der Waals surface area contributed by atoms with Crippen molar-refractivity contribution in [3.8, 4) is 0 Å². The van der Waals surface area contributed by atoms with Gasteiger partial charge >= 0.3 is 5.97 Å². The quantitative estimate of drug-likeness (QED) is 0.489. The van der Waals surface area contributed by atoms with Crippen molar-refractivity contribution in [2.75, 3.05) is 32.7 Å². The van der Waals surface area contributed by atoms with Crippen molar-refractivity contribution >= 4 is 17.8 Å². The molecule has 3 N–H and O–H groups in total. The van der Waals surface area contributed by atoms with Gasteiger partial charge in [0.15, 0.2) is 0 Å². The van der Waals surface area contributed by atoms with E-state index in [2.05, 4.69) is 43.2 Å². The Kier molecular flexibility index (Phi) is 11.0. The Morgan fingerprint density at radius 1 is 0.870 bits per heavy atom. The Morgan fingerprint density at radius 3 is 1.83 bits per heavy atom. The summed E-state index contributed by atoms with van der Waals surface area (Å²) in [5.41, 5.74) is 0. The summed E-state index contributed by atoms with van der Waals surface area (Å²) in [6.45, 7) is 10.9. The molecule has 0 rings (SSSR count). The third-order valence-corrected chi connectivity index (χ3v) is 2.95. The van der Waals surface area contributed by atoms with Gasteiger partial charge in [0.2, 0.25) is 11.8 Å². The molecular formula is C16H31N3O4. The van der Waals surface area contributed by atoms with E-state index in [0.717, 1.165) is 13.1 Å². The zero-order valence-corrected chi connectivity index (χ0v) is 14.7. The smallest absolute Gasteiger partial charge is 0.305 e. The van der Waals surface area contributed by atoms with Crippen LogP contribution in [0, 0.1) is 11.8 Å². The van der Waals surface area contributed by atoms with Gasteiger partial charge in [-0.25, -0.2) is 0 Å². The Labute approximate surface area is 138 Å². The van der Waals surface area contributed by atoms with Crippen molar-refractivity contribution in [2.24, 2.45) is 11.8 Å². The standard InChI is InChI=1S/C16H31N3O4/c1-12(2)9-19(10-13(3)4)11-15(21)18-7-5-14(20)17-8-6-16(22)23/h12-13H,5-11H2,1-4H3,(H,17,20)(H,18,21)(H,22,23). The molecule has 0 aliphatic heterocycles. The maximum Gasteiger partial charge on any atom is 0.305 e. The monoisotopic (exact) mass is 329 g/mol. The number of hydrogen-bond donors (Lipinski definition) is 3. The van der Waals surface area contributed by atoms with Crippen molar-refractivity contribution in [3.63, 3.8) is 0 Å². The van der Waals surface area contributed by atoms with E-state index in [4.69, 9.17) is 5.11 Å². The molecule has 0 aliphatic rings. The second-order valence-corrected chi connectivity index (χ2v) is 6.58. The molecule has 0 heterocycles. The molecule has 7 nitrogen and oxygen atoms in total. The van der Waals surface area contributed by atoms with Gasteiger partial charge in [0.05, 0.1) is 13.0 Å². The third-order valence-electron chi connectivity index (χ3n) is 2.95. The lowest BCUT2D eigenvalue weighted by Crippen LogP contribution is -2.41. The highest BCUT2D eigenvalue weighted by Gasteiger charge is 2.13. The zero-order valence-electron chi connectivity index (χ0n) is 14.7. The van der Waals surface area contributed by atoms with Crippen LogP contribution in [0.3, 0.4) is 0 Å². The minimum atomic E-state index is -0.950. The van der Waals surface area contributed by atoms with E-state index in [9.17, 15) is 14.4 Å². The van der Waals surface area contributed by atoms with Gasteiger partial charge in [0.25, 0.3) is 0 Å². The number of aliphatic carboxylic acids is 1. The number of carbonyl (C=O) groups excluding carboxylic acids is 2. The average molecular weight is 329 g/mol. The van der Waals surface area contributed by atoms with Crippen LogP contribution in [0.1, 0.15) is 40.5 Å². The first kappa shape index (κ1) is 21.4. The minimum Gasteiger partial charge on any atom is -0.481 e. The summed E-state index contributed by atoms with van der Waals surface area (Å²) in [5, 5.41) is 13.7. The molecule has 0 fully saturated rings. The molecule has 7 heteroatoms. The first-order chi connectivity index (χ1) is 10.7. The number of amides is 2. The van der Waals surface area contributed by atoms with E-state index in [-0.39, 0.29) is 37.7 Å². The highest BCUT2D eigenvalue weighted by atomic mass is 16.4. The molecular weight excluding hydrogens is 298 g/mol. The van der Waals surface area contributed by atoms with Gasteiger partial charge in [-0.1, -0.05) is 27.7 Å². The largest absolute Gasteiger partial charge is 0.481 e. The summed E-state index contributed by atoms with van der Waals surface area (Å²) in [7, 11) is 0. The predicted octanol–water partition coefficient (Wildman–Crippen LogP) is 0.698. The molecule has 0 radical (unpaired) electrons. The number of nitrogens with one attached hydrogen (secondary N) is 2. The second kappa shape index (κ2) is 11.9. The van der Waals surface area contributed by atoms with Crippen molar-refractivity contribution < 1.29 is 19.5 Å². The summed E-state index contributed by atoms with van der Waals surface area (Å²) in [6, 6.07) is 0. The van der Waals surface area contributed by atoms with Crippen LogP contribution in [0.4, 0.5) is 0 Å². The maximum atomic E-state index is 11.9. The summed E-state index contributed by atoms with van der Waals surface area (Å²) in [5.74, 6) is -0.325. The second-order valence-electron chi connectivity index (χ2n) is 6.58. The Morgan fingerprint density at radius 2 is 1.35 bits per heavy atom. The zero-order chi connectivity index (χ0) is 17.8. The van der Waals surface area contributed by atoms with Crippen molar-refractivity contribution in [1.82, 2.24) is 15.5 Å². The first-order valence-corrected chi connectivity index (χ1v) is 8.18. The molecule has 0 aromatic heterocycles. The Bertz CT molecular complexity index is 374. The molecule has 2 amide bonds. The molecule has 0 spiro atoms. The van der Waals surface area contributed by atoms with E-state index >= 15 is 0 Å². The fourth-order valence-corrected chi connectivity index (χ4v) is 2.21. The van der Waals surface area contributed by atoms with Gasteiger partial charge in [-0.05, 0) is 11.8 Å². The normalized spacial score (nSPS) is 11.1. The molecule has 0 aliphatic carbocycles. The SMILES string of the molecule is CC(C)CN(CC(=O)NCCC(=O)NCCC(=O)O)CC(C)C. The van der Waals surface area contributed by atoms with Crippen molar-refractivity contribution in [3.05, 3.63) is 0 Å². The molecule has 0 aromatic carbocycles. The number of rotatable bonds is 12. The van der Waals surface area contributed by atoms with E-state index < -0.39 is 5.97 Å². The summed E-state index contributed by atoms with van der Waals surface area (Å²) < 4.78 is 0. The lowest BCUT2D eigenvalue weighted by atomic mass is 10.1. The van der Waals surface area contributed by atoms with Gasteiger partial charge < -0.3 is 15.7 Å². The Hall–Kier alpha value is -1.63. The fraction of sp³-hybridized carbons (Fsp3) is 0.812. The van der Waals surface area contributed by atoms with E-state index in [1.165, 1.54) is 0 Å². The number of nitrogens with zero attached hydrogens (tertiary/aromatic N) is 1. The molecule has 0 bridgehead atoms. The maximum absolute atomic E-state index is 11.9. The summed E-state index contributed by atoms with van der Waals surface area (Å²) in [4.78, 5) is 35.8. The fourth-order valence-electron chi connectivity index (χ4n) is 2.21. The number of carboxylic acids is 1. The summed E-state index contributed by atoms with van der Waals surface area (Å²) >= 11 is 0. The van der Waals surface area contributed by atoms with Crippen LogP contribution >= 0.6 is 0 Å². The first-order valence-electron chi connectivity index (χ1n) is 8.18. The van der Waals surface area contributed by atoms with Gasteiger partial charge in [-0.3, -0.25) is 19.3 Å². The molecule has 134 valence electrons. The van der Waals surface area contributed by atoms with Crippen molar-refractivity contribution in [2.45, 2.75) is 40.5 Å².